The molecule has 0 aliphatic carbocycles. The fourth-order valence-corrected chi connectivity index (χ4v) is 2.67. The molecule has 0 bridgehead atoms. The summed E-state index contributed by atoms with van der Waals surface area (Å²) in [5, 5.41) is 4.14. The summed E-state index contributed by atoms with van der Waals surface area (Å²) < 4.78 is 12.5. The summed E-state index contributed by atoms with van der Waals surface area (Å²) >= 11 is 1.57. The van der Waals surface area contributed by atoms with Gasteiger partial charge in [-0.2, -0.15) is 0 Å². The molecule has 3 rings (SSSR count). The van der Waals surface area contributed by atoms with Gasteiger partial charge in [0.1, 0.15) is 23.0 Å². The number of rotatable bonds is 5. The molecule has 0 spiro atoms. The molecule has 0 aliphatic heterocycles. The Morgan fingerprint density at radius 3 is 2.45 bits per heavy atom. The summed E-state index contributed by atoms with van der Waals surface area (Å²) in [6.07, 6.45) is 5.64. The van der Waals surface area contributed by atoms with Gasteiger partial charge >= 0.3 is 0 Å². The molecule has 0 saturated heterocycles. The first-order chi connectivity index (χ1) is 10.7. The van der Waals surface area contributed by atoms with E-state index in [-0.39, 0.29) is 0 Å². The smallest absolute Gasteiger partial charge is 0.175 e. The van der Waals surface area contributed by atoms with E-state index >= 15 is 0 Å². The molecular weight excluding hydrogens is 300 g/mol. The summed E-state index contributed by atoms with van der Waals surface area (Å²) in [5.41, 5.74) is 1.68. The molecule has 0 atom stereocenters. The largest absolute Gasteiger partial charge is 0.497 e. The Kier molecular flexibility index (Phi) is 4.06. The average molecular weight is 316 g/mol. The Balaban J connectivity index is 1.99. The SMILES string of the molecule is COc1cc(Nc2cc3nccn3c(SC)n2)cc(OC)c1. The number of imidazole rings is 1. The van der Waals surface area contributed by atoms with E-state index in [1.807, 2.05) is 41.1 Å². The molecule has 0 fully saturated rings. The third-order valence-corrected chi connectivity index (χ3v) is 3.82. The second-order valence-corrected chi connectivity index (χ2v) is 5.28. The van der Waals surface area contributed by atoms with E-state index in [0.717, 1.165) is 22.3 Å². The average Bonchev–Trinajstić information content (AvgIpc) is 3.02. The summed E-state index contributed by atoms with van der Waals surface area (Å²) in [6.45, 7) is 0. The normalized spacial score (nSPS) is 10.7. The van der Waals surface area contributed by atoms with E-state index in [1.165, 1.54) is 0 Å². The maximum Gasteiger partial charge on any atom is 0.175 e. The van der Waals surface area contributed by atoms with Gasteiger partial charge in [0.2, 0.25) is 0 Å². The summed E-state index contributed by atoms with van der Waals surface area (Å²) in [6, 6.07) is 7.49. The Bertz CT molecular complexity index is 781. The Labute approximate surface area is 132 Å². The van der Waals surface area contributed by atoms with Gasteiger partial charge in [0.25, 0.3) is 0 Å². The Morgan fingerprint density at radius 2 is 1.82 bits per heavy atom. The van der Waals surface area contributed by atoms with Crippen molar-refractivity contribution < 1.29 is 9.47 Å². The maximum atomic E-state index is 5.28. The molecule has 6 nitrogen and oxygen atoms in total. The highest BCUT2D eigenvalue weighted by atomic mass is 32.2. The number of methoxy groups -OCH3 is 2. The van der Waals surface area contributed by atoms with Crippen molar-refractivity contribution in [3.8, 4) is 11.5 Å². The minimum atomic E-state index is 0.717. The number of benzene rings is 1. The van der Waals surface area contributed by atoms with Crippen LogP contribution in [0.25, 0.3) is 5.65 Å². The van der Waals surface area contributed by atoms with E-state index in [1.54, 1.807) is 32.2 Å². The van der Waals surface area contributed by atoms with Crippen molar-refractivity contribution in [1.29, 1.82) is 0 Å². The lowest BCUT2D eigenvalue weighted by molar-refractivity contribution is 0.395. The van der Waals surface area contributed by atoms with Crippen LogP contribution < -0.4 is 14.8 Å². The van der Waals surface area contributed by atoms with Crippen molar-refractivity contribution in [2.45, 2.75) is 5.16 Å². The number of aromatic nitrogens is 3. The maximum absolute atomic E-state index is 5.28. The second-order valence-electron chi connectivity index (χ2n) is 4.51. The predicted molar refractivity (Wildman–Crippen MR) is 87.6 cm³/mol. The monoisotopic (exact) mass is 316 g/mol. The molecule has 0 saturated carbocycles. The number of nitrogens with zero attached hydrogens (tertiary/aromatic N) is 3. The van der Waals surface area contributed by atoms with E-state index in [2.05, 4.69) is 15.3 Å². The summed E-state index contributed by atoms with van der Waals surface area (Å²) in [7, 11) is 3.25. The zero-order valence-electron chi connectivity index (χ0n) is 12.5. The van der Waals surface area contributed by atoms with Crippen LogP contribution in [0.5, 0.6) is 11.5 Å². The number of hydrogen-bond donors (Lipinski definition) is 1. The van der Waals surface area contributed by atoms with Crippen molar-refractivity contribution >= 4 is 28.9 Å². The Hall–Kier alpha value is -2.41. The molecule has 0 radical (unpaired) electrons. The zero-order chi connectivity index (χ0) is 15.5. The lowest BCUT2D eigenvalue weighted by Gasteiger charge is -2.11. The number of anilines is 2. The van der Waals surface area contributed by atoms with Gasteiger partial charge in [-0.1, -0.05) is 11.8 Å². The molecule has 3 aromatic rings. The highest BCUT2D eigenvalue weighted by molar-refractivity contribution is 7.98. The molecule has 2 aromatic heterocycles. The Morgan fingerprint density at radius 1 is 1.09 bits per heavy atom. The van der Waals surface area contributed by atoms with Crippen LogP contribution in [-0.4, -0.2) is 34.8 Å². The van der Waals surface area contributed by atoms with Crippen LogP contribution in [0.4, 0.5) is 11.5 Å². The van der Waals surface area contributed by atoms with Gasteiger partial charge in [-0.05, 0) is 6.26 Å². The van der Waals surface area contributed by atoms with E-state index < -0.39 is 0 Å². The third-order valence-electron chi connectivity index (χ3n) is 3.16. The van der Waals surface area contributed by atoms with Crippen LogP contribution in [0.2, 0.25) is 0 Å². The fourth-order valence-electron chi connectivity index (χ4n) is 2.13. The quantitative estimate of drug-likeness (QED) is 0.576. The van der Waals surface area contributed by atoms with Gasteiger partial charge in [0.05, 0.1) is 14.2 Å². The van der Waals surface area contributed by atoms with Crippen LogP contribution in [0.3, 0.4) is 0 Å². The minimum absolute atomic E-state index is 0.717. The van der Waals surface area contributed by atoms with Gasteiger partial charge in [-0.15, -0.1) is 0 Å². The van der Waals surface area contributed by atoms with E-state index in [0.29, 0.717) is 11.5 Å². The van der Waals surface area contributed by atoms with Gasteiger partial charge < -0.3 is 14.8 Å². The first kappa shape index (κ1) is 14.5. The summed E-state index contributed by atoms with van der Waals surface area (Å²) in [5.74, 6) is 2.15. The lowest BCUT2D eigenvalue weighted by atomic mass is 10.2. The van der Waals surface area contributed by atoms with Crippen LogP contribution >= 0.6 is 11.8 Å². The summed E-state index contributed by atoms with van der Waals surface area (Å²) in [4.78, 5) is 8.91. The number of thioether (sulfide) groups is 1. The van der Waals surface area contributed by atoms with Crippen molar-refractivity contribution in [2.24, 2.45) is 0 Å². The van der Waals surface area contributed by atoms with E-state index in [4.69, 9.17) is 9.47 Å². The van der Waals surface area contributed by atoms with E-state index in [9.17, 15) is 0 Å². The first-order valence-corrected chi connectivity index (χ1v) is 7.84. The van der Waals surface area contributed by atoms with Crippen molar-refractivity contribution in [3.63, 3.8) is 0 Å². The second kappa shape index (κ2) is 6.15. The highest BCUT2D eigenvalue weighted by Gasteiger charge is 2.07. The van der Waals surface area contributed by atoms with Crippen molar-refractivity contribution in [2.75, 3.05) is 25.8 Å². The van der Waals surface area contributed by atoms with Crippen LogP contribution in [-0.2, 0) is 0 Å². The molecule has 7 heteroatoms. The first-order valence-electron chi connectivity index (χ1n) is 6.61. The van der Waals surface area contributed by atoms with Gasteiger partial charge in [0, 0.05) is 42.3 Å². The molecule has 0 aliphatic rings. The molecule has 22 heavy (non-hydrogen) atoms. The van der Waals surface area contributed by atoms with Crippen LogP contribution in [0, 0.1) is 0 Å². The molecule has 2 heterocycles. The molecule has 1 aromatic carbocycles. The molecular formula is C15H16N4O2S. The standard InChI is InChI=1S/C15H16N4O2S/c1-20-11-6-10(7-12(8-11)21-2)17-13-9-14-16-4-5-19(14)15(18-13)22-3/h4-9,17H,1-3H3. The third kappa shape index (κ3) is 2.80. The number of ether oxygens (including phenoxy) is 2. The number of hydrogen-bond acceptors (Lipinski definition) is 6. The molecule has 0 unspecified atom stereocenters. The predicted octanol–water partition coefficient (Wildman–Crippen LogP) is 3.21. The van der Waals surface area contributed by atoms with Gasteiger partial charge in [-0.25, -0.2) is 9.97 Å². The van der Waals surface area contributed by atoms with Crippen LogP contribution in [0.15, 0.2) is 41.8 Å². The molecule has 114 valence electrons. The van der Waals surface area contributed by atoms with Gasteiger partial charge in [-0.3, -0.25) is 4.40 Å². The number of nitrogens with one attached hydrogen (secondary N) is 1. The highest BCUT2D eigenvalue weighted by Crippen LogP contribution is 2.28. The van der Waals surface area contributed by atoms with Crippen LogP contribution in [0.1, 0.15) is 0 Å². The minimum Gasteiger partial charge on any atom is -0.497 e. The van der Waals surface area contributed by atoms with Crippen molar-refractivity contribution in [1.82, 2.24) is 14.4 Å². The van der Waals surface area contributed by atoms with Crippen molar-refractivity contribution in [3.05, 3.63) is 36.7 Å². The fraction of sp³-hybridized carbons (Fsp3) is 0.200. The topological polar surface area (TPSA) is 60.7 Å². The zero-order valence-corrected chi connectivity index (χ0v) is 13.3. The molecule has 1 N–H and O–H groups in total. The lowest BCUT2D eigenvalue weighted by Crippen LogP contribution is -2.00. The van der Waals surface area contributed by atoms with Gasteiger partial charge in [0.15, 0.2) is 5.16 Å². The number of fused-ring (bicyclic) bond motifs is 1. The molecule has 0 amide bonds.